The molecule has 2 aliphatic heterocycles. The van der Waals surface area contributed by atoms with Gasteiger partial charge in [-0.05, 0) is 58.3 Å². The number of piperidine rings is 1. The van der Waals surface area contributed by atoms with Crippen LogP contribution in [-0.2, 0) is 0 Å². The minimum absolute atomic E-state index is 0.830. The number of halogens is 1. The lowest BCUT2D eigenvalue weighted by molar-refractivity contribution is 0.162. The zero-order valence-electron chi connectivity index (χ0n) is 11.0. The quantitative estimate of drug-likeness (QED) is 0.534. The maximum Gasteiger partial charge on any atom is 0.0235 e. The molecule has 1 unspecified atom stereocenters. The average Bonchev–Trinajstić information content (AvgIpc) is 2.85. The molecule has 2 nitrogen and oxygen atoms in total. The van der Waals surface area contributed by atoms with Crippen LogP contribution in [0, 0.1) is 0 Å². The summed E-state index contributed by atoms with van der Waals surface area (Å²) in [4.78, 5) is 5.40. The first-order chi connectivity index (χ1) is 8.40. The van der Waals surface area contributed by atoms with Crippen LogP contribution in [-0.4, -0.2) is 54.4 Å². The molecule has 0 radical (unpaired) electrons. The Kier molecular flexibility index (Phi) is 6.10. The van der Waals surface area contributed by atoms with Crippen molar-refractivity contribution in [1.82, 2.24) is 9.80 Å². The number of likely N-dealkylation sites (tertiary alicyclic amines) is 2. The first-order valence-electron chi connectivity index (χ1n) is 7.42. The van der Waals surface area contributed by atoms with Crippen LogP contribution in [0.3, 0.4) is 0 Å². The molecule has 2 heterocycles. The highest BCUT2D eigenvalue weighted by atomic mass is 35.5. The number of unbranched alkanes of at least 4 members (excludes halogenated alkanes) is 2. The zero-order valence-corrected chi connectivity index (χ0v) is 11.8. The van der Waals surface area contributed by atoms with Crippen molar-refractivity contribution in [1.29, 1.82) is 0 Å². The van der Waals surface area contributed by atoms with E-state index in [0.717, 1.165) is 11.9 Å². The fraction of sp³-hybridized carbons (Fsp3) is 1.00. The van der Waals surface area contributed by atoms with Gasteiger partial charge < -0.3 is 4.90 Å². The fourth-order valence-electron chi connectivity index (χ4n) is 3.20. The topological polar surface area (TPSA) is 6.48 Å². The van der Waals surface area contributed by atoms with E-state index in [1.807, 2.05) is 0 Å². The average molecular weight is 259 g/mol. The molecule has 0 spiro atoms. The van der Waals surface area contributed by atoms with Gasteiger partial charge in [0.1, 0.15) is 0 Å². The van der Waals surface area contributed by atoms with E-state index in [1.165, 1.54) is 77.7 Å². The van der Waals surface area contributed by atoms with Crippen LogP contribution in [0.25, 0.3) is 0 Å². The highest BCUT2D eigenvalue weighted by molar-refractivity contribution is 6.17. The molecule has 17 heavy (non-hydrogen) atoms. The van der Waals surface area contributed by atoms with Crippen LogP contribution in [0.4, 0.5) is 0 Å². The standard InChI is InChI=1S/C14H27ClN2/c15-8-3-1-4-9-16-12-7-14(13-16)17-10-5-2-6-11-17/h14H,1-13H2. The molecule has 0 saturated carbocycles. The van der Waals surface area contributed by atoms with Gasteiger partial charge in [-0.1, -0.05) is 12.8 Å². The van der Waals surface area contributed by atoms with Gasteiger partial charge in [0, 0.05) is 18.5 Å². The van der Waals surface area contributed by atoms with Crippen molar-refractivity contribution in [2.45, 2.75) is 51.0 Å². The minimum atomic E-state index is 0.830. The Morgan fingerprint density at radius 1 is 0.941 bits per heavy atom. The summed E-state index contributed by atoms with van der Waals surface area (Å²) in [6, 6.07) is 0.864. The molecular weight excluding hydrogens is 232 g/mol. The van der Waals surface area contributed by atoms with Crippen LogP contribution >= 0.6 is 11.6 Å². The Hall–Kier alpha value is 0.210. The summed E-state index contributed by atoms with van der Waals surface area (Å²) in [5, 5.41) is 0. The van der Waals surface area contributed by atoms with E-state index in [-0.39, 0.29) is 0 Å². The SMILES string of the molecule is ClCCCCCN1CCC(N2CCCCC2)C1. The molecule has 0 aromatic heterocycles. The molecule has 2 fully saturated rings. The normalized spacial score (nSPS) is 27.7. The van der Waals surface area contributed by atoms with Crippen molar-refractivity contribution in [3.63, 3.8) is 0 Å². The number of rotatable bonds is 6. The number of hydrogen-bond acceptors (Lipinski definition) is 2. The maximum atomic E-state index is 5.70. The number of alkyl halides is 1. The monoisotopic (exact) mass is 258 g/mol. The summed E-state index contributed by atoms with van der Waals surface area (Å²) in [7, 11) is 0. The van der Waals surface area contributed by atoms with Crippen molar-refractivity contribution in [2.24, 2.45) is 0 Å². The Labute approximate surface area is 111 Å². The Morgan fingerprint density at radius 3 is 2.53 bits per heavy atom. The van der Waals surface area contributed by atoms with E-state index in [2.05, 4.69) is 9.80 Å². The molecule has 0 aliphatic carbocycles. The molecule has 0 bridgehead atoms. The van der Waals surface area contributed by atoms with Gasteiger partial charge in [0.15, 0.2) is 0 Å². The second-order valence-corrected chi connectivity index (χ2v) is 5.97. The van der Waals surface area contributed by atoms with Gasteiger partial charge in [0.25, 0.3) is 0 Å². The largest absolute Gasteiger partial charge is 0.302 e. The summed E-state index contributed by atoms with van der Waals surface area (Å²) in [6.45, 7) is 6.64. The first-order valence-corrected chi connectivity index (χ1v) is 7.96. The van der Waals surface area contributed by atoms with E-state index >= 15 is 0 Å². The highest BCUT2D eigenvalue weighted by Crippen LogP contribution is 2.20. The molecule has 1 atom stereocenters. The van der Waals surface area contributed by atoms with Crippen molar-refractivity contribution >= 4 is 11.6 Å². The van der Waals surface area contributed by atoms with E-state index in [4.69, 9.17) is 11.6 Å². The lowest BCUT2D eigenvalue weighted by Gasteiger charge is -2.32. The Bertz CT molecular complexity index is 204. The third kappa shape index (κ3) is 4.42. The third-order valence-electron chi connectivity index (χ3n) is 4.26. The molecule has 2 rings (SSSR count). The molecule has 2 saturated heterocycles. The van der Waals surface area contributed by atoms with E-state index in [9.17, 15) is 0 Å². The predicted octanol–water partition coefficient (Wildman–Crippen LogP) is 2.96. The Morgan fingerprint density at radius 2 is 1.76 bits per heavy atom. The summed E-state index contributed by atoms with van der Waals surface area (Å²) in [5.41, 5.74) is 0. The summed E-state index contributed by atoms with van der Waals surface area (Å²) >= 11 is 5.70. The summed E-state index contributed by atoms with van der Waals surface area (Å²) < 4.78 is 0. The van der Waals surface area contributed by atoms with Crippen molar-refractivity contribution in [3.8, 4) is 0 Å². The van der Waals surface area contributed by atoms with Gasteiger partial charge in [0.05, 0.1) is 0 Å². The minimum Gasteiger partial charge on any atom is -0.302 e. The highest BCUT2D eigenvalue weighted by Gasteiger charge is 2.27. The lowest BCUT2D eigenvalue weighted by Crippen LogP contribution is -2.40. The van der Waals surface area contributed by atoms with Crippen molar-refractivity contribution in [2.75, 3.05) is 38.6 Å². The van der Waals surface area contributed by atoms with Crippen LogP contribution in [0.5, 0.6) is 0 Å². The summed E-state index contributed by atoms with van der Waals surface area (Å²) in [6.07, 6.45) is 9.51. The van der Waals surface area contributed by atoms with Gasteiger partial charge in [0.2, 0.25) is 0 Å². The maximum absolute atomic E-state index is 5.70. The van der Waals surface area contributed by atoms with E-state index in [0.29, 0.717) is 0 Å². The van der Waals surface area contributed by atoms with E-state index < -0.39 is 0 Å². The second-order valence-electron chi connectivity index (χ2n) is 5.59. The van der Waals surface area contributed by atoms with Crippen LogP contribution in [0.1, 0.15) is 44.9 Å². The second kappa shape index (κ2) is 7.60. The van der Waals surface area contributed by atoms with Gasteiger partial charge in [-0.15, -0.1) is 11.6 Å². The van der Waals surface area contributed by atoms with Crippen molar-refractivity contribution < 1.29 is 0 Å². The third-order valence-corrected chi connectivity index (χ3v) is 4.53. The molecule has 0 aromatic carbocycles. The first kappa shape index (κ1) is 13.6. The van der Waals surface area contributed by atoms with Gasteiger partial charge in [-0.3, -0.25) is 4.90 Å². The van der Waals surface area contributed by atoms with E-state index in [1.54, 1.807) is 0 Å². The molecule has 3 heteroatoms. The summed E-state index contributed by atoms with van der Waals surface area (Å²) in [5.74, 6) is 0.830. The van der Waals surface area contributed by atoms with Crippen LogP contribution < -0.4 is 0 Å². The zero-order chi connectivity index (χ0) is 11.9. The number of hydrogen-bond donors (Lipinski definition) is 0. The molecule has 0 aromatic rings. The smallest absolute Gasteiger partial charge is 0.0235 e. The van der Waals surface area contributed by atoms with Crippen molar-refractivity contribution in [3.05, 3.63) is 0 Å². The Balaban J connectivity index is 1.61. The molecule has 2 aliphatic rings. The molecule has 100 valence electrons. The fourth-order valence-corrected chi connectivity index (χ4v) is 3.39. The predicted molar refractivity (Wildman–Crippen MR) is 74.8 cm³/mol. The molecular formula is C14H27ClN2. The number of nitrogens with zero attached hydrogens (tertiary/aromatic N) is 2. The van der Waals surface area contributed by atoms with Gasteiger partial charge in [-0.25, -0.2) is 0 Å². The molecule has 0 amide bonds. The van der Waals surface area contributed by atoms with Gasteiger partial charge in [-0.2, -0.15) is 0 Å². The lowest BCUT2D eigenvalue weighted by atomic mass is 10.1. The van der Waals surface area contributed by atoms with Gasteiger partial charge >= 0.3 is 0 Å². The van der Waals surface area contributed by atoms with Crippen LogP contribution in [0.2, 0.25) is 0 Å². The van der Waals surface area contributed by atoms with Crippen LogP contribution in [0.15, 0.2) is 0 Å². The molecule has 0 N–H and O–H groups in total.